The topological polar surface area (TPSA) is 119 Å². The molecule has 94 valence electrons. The Kier molecular flexibility index (Phi) is 6.20. The van der Waals surface area contributed by atoms with E-state index in [4.69, 9.17) is 9.79 Å². The summed E-state index contributed by atoms with van der Waals surface area (Å²) in [4.78, 5) is 37.9. The van der Waals surface area contributed by atoms with E-state index >= 15 is 0 Å². The van der Waals surface area contributed by atoms with Gasteiger partial charge in [-0.1, -0.05) is 0 Å². The van der Waals surface area contributed by atoms with Crippen LogP contribution < -0.4 is 0 Å². The molecule has 0 aliphatic rings. The van der Waals surface area contributed by atoms with Crippen LogP contribution in [0.4, 0.5) is 0 Å². The molecule has 8 nitrogen and oxygen atoms in total. The van der Waals surface area contributed by atoms with Crippen LogP contribution in [0, 0.1) is 0 Å². The number of ether oxygens (including phenoxy) is 2. The summed E-state index contributed by atoms with van der Waals surface area (Å²) in [5.41, 5.74) is 0. The van der Waals surface area contributed by atoms with E-state index in [0.717, 1.165) is 13.8 Å². The number of hydrogen-bond acceptors (Lipinski definition) is 6. The van der Waals surface area contributed by atoms with Gasteiger partial charge in [-0.2, -0.15) is 0 Å². The monoisotopic (exact) mass is 256 g/mol. The highest BCUT2D eigenvalue weighted by molar-refractivity contribution is 7.46. The van der Waals surface area contributed by atoms with Crippen LogP contribution in [0.5, 0.6) is 0 Å². The van der Waals surface area contributed by atoms with E-state index in [9.17, 15) is 14.2 Å². The number of carbonyl (C=O) groups is 2. The molecule has 0 unspecified atom stereocenters. The van der Waals surface area contributed by atoms with Gasteiger partial charge in [-0.3, -0.25) is 14.1 Å². The van der Waals surface area contributed by atoms with Crippen LogP contribution in [0.15, 0.2) is 0 Å². The predicted molar refractivity (Wildman–Crippen MR) is 50.2 cm³/mol. The Hall–Kier alpha value is -0.950. The Labute approximate surface area is 91.7 Å². The van der Waals surface area contributed by atoms with Crippen LogP contribution in [-0.2, 0) is 28.2 Å². The maximum Gasteiger partial charge on any atom is 0.469 e. The van der Waals surface area contributed by atoms with E-state index in [2.05, 4.69) is 14.0 Å². The first-order valence-corrected chi connectivity index (χ1v) is 5.74. The highest BCUT2D eigenvalue weighted by atomic mass is 31.2. The normalized spacial score (nSPS) is 13.0. The number of phosphoric ester groups is 1. The number of phosphoric acid groups is 1. The van der Waals surface area contributed by atoms with Crippen LogP contribution in [0.1, 0.15) is 13.8 Å². The molecule has 2 N–H and O–H groups in total. The number of esters is 2. The molecular formula is C7H13O8P. The molecule has 0 rings (SSSR count). The summed E-state index contributed by atoms with van der Waals surface area (Å²) in [7, 11) is -4.64. The molecule has 0 amide bonds. The van der Waals surface area contributed by atoms with Crippen molar-refractivity contribution in [3.8, 4) is 0 Å². The van der Waals surface area contributed by atoms with Crippen molar-refractivity contribution < 1.29 is 37.9 Å². The van der Waals surface area contributed by atoms with Gasteiger partial charge >= 0.3 is 19.8 Å². The summed E-state index contributed by atoms with van der Waals surface area (Å²) in [5, 5.41) is 0. The minimum absolute atomic E-state index is 0.324. The standard InChI is InChI=1S/C7H13O8P/c1-5(8)13-3-7(15-6(2)9)4-14-16(10,11)12/h7H,3-4H2,1-2H3,(H2,10,11,12)/t7-/m1/s1. The minimum Gasteiger partial charge on any atom is -0.462 e. The number of rotatable bonds is 6. The van der Waals surface area contributed by atoms with Crippen LogP contribution in [0.2, 0.25) is 0 Å². The van der Waals surface area contributed by atoms with Gasteiger partial charge in [0.25, 0.3) is 0 Å². The molecule has 1 atom stereocenters. The summed E-state index contributed by atoms with van der Waals surface area (Å²) in [6, 6.07) is 0. The first kappa shape index (κ1) is 15.0. The Morgan fingerprint density at radius 2 is 1.75 bits per heavy atom. The fraction of sp³-hybridized carbons (Fsp3) is 0.714. The zero-order valence-corrected chi connectivity index (χ0v) is 9.68. The zero-order chi connectivity index (χ0) is 12.8. The molecule has 0 saturated carbocycles. The molecule has 0 heterocycles. The van der Waals surface area contributed by atoms with E-state index in [1.807, 2.05) is 0 Å². The third kappa shape index (κ3) is 9.60. The van der Waals surface area contributed by atoms with Gasteiger partial charge in [0.15, 0.2) is 6.10 Å². The Bertz CT molecular complexity index is 295. The molecule has 0 bridgehead atoms. The smallest absolute Gasteiger partial charge is 0.462 e. The molecule has 0 saturated heterocycles. The van der Waals surface area contributed by atoms with Gasteiger partial charge in [-0.25, -0.2) is 4.57 Å². The van der Waals surface area contributed by atoms with Gasteiger partial charge in [0, 0.05) is 13.8 Å². The third-order valence-corrected chi connectivity index (χ3v) is 1.72. The summed E-state index contributed by atoms with van der Waals surface area (Å²) >= 11 is 0. The molecule has 0 aliphatic heterocycles. The molecular weight excluding hydrogens is 243 g/mol. The molecule has 0 spiro atoms. The molecule has 0 aliphatic carbocycles. The lowest BCUT2D eigenvalue weighted by atomic mass is 10.4. The van der Waals surface area contributed by atoms with Gasteiger partial charge in [0.1, 0.15) is 6.61 Å². The average Bonchev–Trinajstić information content (AvgIpc) is 2.07. The Morgan fingerprint density at radius 1 is 1.19 bits per heavy atom. The van der Waals surface area contributed by atoms with Gasteiger partial charge < -0.3 is 19.3 Å². The van der Waals surface area contributed by atoms with E-state index < -0.39 is 32.5 Å². The highest BCUT2D eigenvalue weighted by Crippen LogP contribution is 2.35. The predicted octanol–water partition coefficient (Wildman–Crippen LogP) is -0.410. The van der Waals surface area contributed by atoms with Crippen molar-refractivity contribution in [3.05, 3.63) is 0 Å². The Balaban J connectivity index is 4.15. The zero-order valence-electron chi connectivity index (χ0n) is 8.78. The summed E-state index contributed by atoms with van der Waals surface area (Å²) in [6.07, 6.45) is -1.05. The molecule has 0 radical (unpaired) electrons. The average molecular weight is 256 g/mol. The van der Waals surface area contributed by atoms with Crippen molar-refractivity contribution in [2.45, 2.75) is 20.0 Å². The van der Waals surface area contributed by atoms with Crippen molar-refractivity contribution in [1.29, 1.82) is 0 Å². The van der Waals surface area contributed by atoms with Crippen molar-refractivity contribution in [2.75, 3.05) is 13.2 Å². The molecule has 0 aromatic carbocycles. The van der Waals surface area contributed by atoms with Crippen molar-refractivity contribution in [1.82, 2.24) is 0 Å². The van der Waals surface area contributed by atoms with Gasteiger partial charge in [-0.05, 0) is 0 Å². The minimum atomic E-state index is -4.64. The fourth-order valence-electron chi connectivity index (χ4n) is 0.741. The molecule has 16 heavy (non-hydrogen) atoms. The molecule has 9 heteroatoms. The lowest BCUT2D eigenvalue weighted by Gasteiger charge is -2.16. The van der Waals surface area contributed by atoms with E-state index in [-0.39, 0.29) is 6.61 Å². The van der Waals surface area contributed by atoms with Crippen molar-refractivity contribution >= 4 is 19.8 Å². The summed E-state index contributed by atoms with van der Waals surface area (Å²) in [6.45, 7) is 1.37. The van der Waals surface area contributed by atoms with Crippen LogP contribution >= 0.6 is 7.82 Å². The maximum atomic E-state index is 10.6. The van der Waals surface area contributed by atoms with Crippen molar-refractivity contribution in [3.63, 3.8) is 0 Å². The summed E-state index contributed by atoms with van der Waals surface area (Å²) < 4.78 is 23.6. The van der Waals surface area contributed by atoms with E-state index in [1.54, 1.807) is 0 Å². The molecule has 0 fully saturated rings. The van der Waals surface area contributed by atoms with Crippen LogP contribution in [0.3, 0.4) is 0 Å². The molecule has 0 aromatic heterocycles. The van der Waals surface area contributed by atoms with Gasteiger partial charge in [-0.15, -0.1) is 0 Å². The first-order chi connectivity index (χ1) is 7.20. The summed E-state index contributed by atoms with van der Waals surface area (Å²) in [5.74, 6) is -1.28. The second-order valence-electron chi connectivity index (χ2n) is 2.82. The lowest BCUT2D eigenvalue weighted by Crippen LogP contribution is -2.28. The van der Waals surface area contributed by atoms with E-state index in [0.29, 0.717) is 0 Å². The lowest BCUT2D eigenvalue weighted by molar-refractivity contribution is -0.158. The van der Waals surface area contributed by atoms with Gasteiger partial charge in [0.2, 0.25) is 0 Å². The Morgan fingerprint density at radius 3 is 2.12 bits per heavy atom. The van der Waals surface area contributed by atoms with Crippen molar-refractivity contribution in [2.24, 2.45) is 0 Å². The maximum absolute atomic E-state index is 10.6. The van der Waals surface area contributed by atoms with Crippen LogP contribution in [0.25, 0.3) is 0 Å². The van der Waals surface area contributed by atoms with Crippen LogP contribution in [-0.4, -0.2) is 41.0 Å². The SMILES string of the molecule is CC(=O)OC[C@H](COP(=O)(O)O)OC(C)=O. The molecule has 0 aromatic rings. The number of carbonyl (C=O) groups excluding carboxylic acids is 2. The fourth-order valence-corrected chi connectivity index (χ4v) is 1.10. The first-order valence-electron chi connectivity index (χ1n) is 4.21. The van der Waals surface area contributed by atoms with Gasteiger partial charge in [0.05, 0.1) is 6.61 Å². The second-order valence-corrected chi connectivity index (χ2v) is 4.06. The second kappa shape index (κ2) is 6.59. The number of hydrogen-bond donors (Lipinski definition) is 2. The highest BCUT2D eigenvalue weighted by Gasteiger charge is 2.21. The third-order valence-electron chi connectivity index (χ3n) is 1.23. The van der Waals surface area contributed by atoms with E-state index in [1.165, 1.54) is 0 Å². The largest absolute Gasteiger partial charge is 0.469 e. The quantitative estimate of drug-likeness (QED) is 0.486.